The topological polar surface area (TPSA) is 81.9 Å². The van der Waals surface area contributed by atoms with Crippen LogP contribution in [0.25, 0.3) is 27.8 Å². The van der Waals surface area contributed by atoms with Crippen LogP contribution in [0.4, 0.5) is 5.82 Å². The molecule has 0 unspecified atom stereocenters. The highest BCUT2D eigenvalue weighted by Gasteiger charge is 2.31. The van der Waals surface area contributed by atoms with E-state index in [0.717, 1.165) is 92.4 Å². The zero-order valence-corrected chi connectivity index (χ0v) is 20.6. The second kappa shape index (κ2) is 8.93. The average molecular weight is 475 g/mol. The number of ether oxygens (including phenoxy) is 1. The number of aliphatic hydroxyl groups is 1. The molecule has 184 valence electrons. The van der Waals surface area contributed by atoms with E-state index in [2.05, 4.69) is 49.6 Å². The van der Waals surface area contributed by atoms with Crippen LogP contribution in [0.3, 0.4) is 0 Å². The standard InChI is InChI=1S/C27H34N6O2/c1-27(2,34)19-7-10-31(11-8-19)17-20-16-29-26-25(22-4-3-5-23-21(22)6-9-28-23)30-24(18-33(20)26)32-12-14-35-15-13-32/h3-6,9,16,18-19,28,34H,7-8,10-15,17H2,1-2H3. The monoisotopic (exact) mass is 474 g/mol. The maximum atomic E-state index is 10.4. The van der Waals surface area contributed by atoms with E-state index in [-0.39, 0.29) is 0 Å². The fraction of sp³-hybridized carbons (Fsp3) is 0.481. The number of aromatic nitrogens is 4. The number of likely N-dealkylation sites (tertiary alicyclic amines) is 1. The van der Waals surface area contributed by atoms with Crippen LogP contribution in [0, 0.1) is 5.92 Å². The molecule has 6 rings (SSSR count). The molecule has 0 saturated carbocycles. The van der Waals surface area contributed by atoms with Crippen LogP contribution < -0.4 is 4.90 Å². The molecule has 0 aliphatic carbocycles. The lowest BCUT2D eigenvalue weighted by Gasteiger charge is -2.37. The van der Waals surface area contributed by atoms with Crippen LogP contribution in [-0.2, 0) is 11.3 Å². The molecular formula is C27H34N6O2. The Hall–Kier alpha value is -2.94. The summed E-state index contributed by atoms with van der Waals surface area (Å²) in [5.74, 6) is 1.31. The van der Waals surface area contributed by atoms with Crippen molar-refractivity contribution < 1.29 is 9.84 Å². The normalized spacial score (nSPS) is 18.7. The smallest absolute Gasteiger partial charge is 0.163 e. The molecule has 0 spiro atoms. The number of hydrogen-bond acceptors (Lipinski definition) is 6. The Balaban J connectivity index is 1.39. The van der Waals surface area contributed by atoms with Crippen molar-refractivity contribution in [1.82, 2.24) is 24.3 Å². The molecule has 0 amide bonds. The van der Waals surface area contributed by atoms with Gasteiger partial charge in [-0.25, -0.2) is 9.97 Å². The number of rotatable bonds is 5. The van der Waals surface area contributed by atoms with Crippen molar-refractivity contribution in [3.8, 4) is 11.3 Å². The molecule has 0 atom stereocenters. The van der Waals surface area contributed by atoms with E-state index in [1.165, 1.54) is 5.69 Å². The molecule has 8 heteroatoms. The Morgan fingerprint density at radius 1 is 1.11 bits per heavy atom. The number of fused-ring (bicyclic) bond motifs is 2. The zero-order valence-electron chi connectivity index (χ0n) is 20.6. The predicted octanol–water partition coefficient (Wildman–Crippen LogP) is 3.70. The summed E-state index contributed by atoms with van der Waals surface area (Å²) in [5, 5.41) is 11.6. The first-order chi connectivity index (χ1) is 17.0. The van der Waals surface area contributed by atoms with Crippen molar-refractivity contribution in [3.05, 3.63) is 48.5 Å². The van der Waals surface area contributed by atoms with Gasteiger partial charge in [-0.05, 0) is 57.8 Å². The van der Waals surface area contributed by atoms with E-state index in [0.29, 0.717) is 5.92 Å². The van der Waals surface area contributed by atoms with Gasteiger partial charge in [0.25, 0.3) is 0 Å². The molecule has 2 fully saturated rings. The molecule has 1 aromatic carbocycles. The summed E-state index contributed by atoms with van der Waals surface area (Å²) in [7, 11) is 0. The lowest BCUT2D eigenvalue weighted by Crippen LogP contribution is -2.41. The minimum Gasteiger partial charge on any atom is -0.390 e. The van der Waals surface area contributed by atoms with Crippen molar-refractivity contribution in [2.45, 2.75) is 38.8 Å². The molecule has 2 saturated heterocycles. The molecule has 2 aliphatic rings. The fourth-order valence-electron chi connectivity index (χ4n) is 5.59. The SMILES string of the molecule is CC(C)(O)C1CCN(Cc2cnc3c(-c4cccc5[nH]ccc45)nc(N4CCOCC4)cn23)CC1. The van der Waals surface area contributed by atoms with Crippen LogP contribution >= 0.6 is 0 Å². The summed E-state index contributed by atoms with van der Waals surface area (Å²) >= 11 is 0. The molecule has 4 aromatic rings. The van der Waals surface area contributed by atoms with Gasteiger partial charge < -0.3 is 19.7 Å². The molecule has 2 N–H and O–H groups in total. The highest BCUT2D eigenvalue weighted by Crippen LogP contribution is 2.33. The van der Waals surface area contributed by atoms with Crippen LogP contribution in [0.2, 0.25) is 0 Å². The van der Waals surface area contributed by atoms with Gasteiger partial charge in [0.1, 0.15) is 11.5 Å². The van der Waals surface area contributed by atoms with Crippen LogP contribution in [0.1, 0.15) is 32.4 Å². The summed E-state index contributed by atoms with van der Waals surface area (Å²) in [6, 6.07) is 8.42. The molecule has 0 bridgehead atoms. The van der Waals surface area contributed by atoms with Gasteiger partial charge in [-0.15, -0.1) is 0 Å². The Morgan fingerprint density at radius 3 is 2.69 bits per heavy atom. The third-order valence-corrected chi connectivity index (χ3v) is 7.71. The Kier molecular flexibility index (Phi) is 5.75. The molecule has 5 heterocycles. The van der Waals surface area contributed by atoms with E-state index in [9.17, 15) is 5.11 Å². The highest BCUT2D eigenvalue weighted by molar-refractivity contribution is 5.97. The molecule has 0 radical (unpaired) electrons. The first kappa shape index (κ1) is 22.5. The van der Waals surface area contributed by atoms with E-state index >= 15 is 0 Å². The van der Waals surface area contributed by atoms with Crippen LogP contribution in [-0.4, -0.2) is 74.4 Å². The van der Waals surface area contributed by atoms with Gasteiger partial charge in [0, 0.05) is 42.3 Å². The highest BCUT2D eigenvalue weighted by atomic mass is 16.5. The predicted molar refractivity (Wildman–Crippen MR) is 138 cm³/mol. The molecule has 35 heavy (non-hydrogen) atoms. The van der Waals surface area contributed by atoms with Crippen molar-refractivity contribution in [2.75, 3.05) is 44.3 Å². The van der Waals surface area contributed by atoms with Gasteiger partial charge in [0.15, 0.2) is 5.65 Å². The van der Waals surface area contributed by atoms with Crippen molar-refractivity contribution in [1.29, 1.82) is 0 Å². The number of nitrogens with zero attached hydrogens (tertiary/aromatic N) is 5. The second-order valence-corrected chi connectivity index (χ2v) is 10.4. The Labute approximate surface area is 205 Å². The van der Waals surface area contributed by atoms with Gasteiger partial charge in [-0.1, -0.05) is 12.1 Å². The minimum atomic E-state index is -0.609. The maximum absolute atomic E-state index is 10.4. The number of imidazole rings is 1. The number of aromatic amines is 1. The number of piperidine rings is 1. The second-order valence-electron chi connectivity index (χ2n) is 10.4. The first-order valence-corrected chi connectivity index (χ1v) is 12.7. The van der Waals surface area contributed by atoms with Gasteiger partial charge >= 0.3 is 0 Å². The third-order valence-electron chi connectivity index (χ3n) is 7.71. The van der Waals surface area contributed by atoms with Crippen LogP contribution in [0.15, 0.2) is 42.9 Å². The van der Waals surface area contributed by atoms with E-state index < -0.39 is 5.60 Å². The Morgan fingerprint density at radius 2 is 1.91 bits per heavy atom. The number of H-pyrrole nitrogens is 1. The first-order valence-electron chi connectivity index (χ1n) is 12.7. The average Bonchev–Trinajstić information content (AvgIpc) is 3.51. The van der Waals surface area contributed by atoms with Crippen molar-refractivity contribution >= 4 is 22.4 Å². The maximum Gasteiger partial charge on any atom is 0.163 e. The molecule has 2 aliphatic heterocycles. The summed E-state index contributed by atoms with van der Waals surface area (Å²) in [6.07, 6.45) is 8.16. The summed E-state index contributed by atoms with van der Waals surface area (Å²) in [4.78, 5) is 18.1. The lowest BCUT2D eigenvalue weighted by molar-refractivity contribution is -0.0137. The van der Waals surface area contributed by atoms with Crippen LogP contribution in [0.5, 0.6) is 0 Å². The van der Waals surface area contributed by atoms with Gasteiger partial charge in [-0.2, -0.15) is 0 Å². The van der Waals surface area contributed by atoms with Gasteiger partial charge in [-0.3, -0.25) is 9.30 Å². The van der Waals surface area contributed by atoms with E-state index in [1.807, 2.05) is 26.2 Å². The van der Waals surface area contributed by atoms with Gasteiger partial charge in [0.2, 0.25) is 0 Å². The van der Waals surface area contributed by atoms with E-state index in [1.54, 1.807) is 0 Å². The summed E-state index contributed by atoms with van der Waals surface area (Å²) < 4.78 is 7.83. The summed E-state index contributed by atoms with van der Waals surface area (Å²) in [6.45, 7) is 9.78. The third kappa shape index (κ3) is 4.30. The fourth-order valence-corrected chi connectivity index (χ4v) is 5.59. The van der Waals surface area contributed by atoms with Crippen molar-refractivity contribution in [3.63, 3.8) is 0 Å². The number of anilines is 1. The zero-order chi connectivity index (χ0) is 24.0. The van der Waals surface area contributed by atoms with Gasteiger partial charge in [0.05, 0.1) is 36.9 Å². The number of benzene rings is 1. The Bertz CT molecular complexity index is 1320. The molecule has 8 nitrogen and oxygen atoms in total. The lowest BCUT2D eigenvalue weighted by atomic mass is 9.83. The molecular weight excluding hydrogens is 440 g/mol. The number of morpholine rings is 1. The van der Waals surface area contributed by atoms with E-state index in [4.69, 9.17) is 14.7 Å². The number of nitrogens with one attached hydrogen (secondary N) is 1. The number of hydrogen-bond donors (Lipinski definition) is 2. The quantitative estimate of drug-likeness (QED) is 0.459. The summed E-state index contributed by atoms with van der Waals surface area (Å²) in [5.41, 5.74) is 4.54. The molecule has 3 aromatic heterocycles. The largest absolute Gasteiger partial charge is 0.390 e. The van der Waals surface area contributed by atoms with Crippen molar-refractivity contribution in [2.24, 2.45) is 5.92 Å². The minimum absolute atomic E-state index is 0.353.